The third-order valence-electron chi connectivity index (χ3n) is 0.441. The molecule has 0 aromatic rings. The molecule has 0 heterocycles. The number of urea groups is 1. The molecule has 0 saturated heterocycles. The Balaban J connectivity index is 0. The Morgan fingerprint density at radius 1 is 1.57 bits per heavy atom. The zero-order valence-corrected chi connectivity index (χ0v) is 3.93. The molecule has 3 nitrogen and oxygen atoms in total. The number of nitrogens with zero attached hydrogens (tertiary/aromatic N) is 1. The molecule has 4 heteroatoms. The zero-order chi connectivity index (χ0) is 5.15. The van der Waals surface area contributed by atoms with E-state index < -0.39 is 6.03 Å². The van der Waals surface area contributed by atoms with Crippen molar-refractivity contribution >= 4 is 74.9 Å². The van der Waals surface area contributed by atoms with Crippen LogP contribution in [-0.2, 0) is 0 Å². The summed E-state index contributed by atoms with van der Waals surface area (Å²) >= 11 is 0. The summed E-state index contributed by atoms with van der Waals surface area (Å²) in [5, 5.41) is 0. The Labute approximate surface area is 102 Å². The van der Waals surface area contributed by atoms with Crippen LogP contribution in [0.1, 0.15) is 0 Å². The third kappa shape index (κ3) is 7.32. The number of hydrogen-bond acceptors (Lipinski definition) is 1. The third-order valence-corrected chi connectivity index (χ3v) is 0.441. The second-order valence-electron chi connectivity index (χ2n) is 1.23. The topological polar surface area (TPSA) is 46.3 Å². The molecule has 2 N–H and O–H groups in total. The maximum absolute atomic E-state index is 9.85. The SMILES string of the molecule is CN(C)C(N)=O.[CsH]. The number of hydrogen-bond donors (Lipinski definition) is 1. The van der Waals surface area contributed by atoms with Crippen molar-refractivity contribution in [2.75, 3.05) is 14.1 Å². The van der Waals surface area contributed by atoms with E-state index in [1.807, 2.05) is 0 Å². The van der Waals surface area contributed by atoms with E-state index in [1.54, 1.807) is 14.1 Å². The summed E-state index contributed by atoms with van der Waals surface area (Å²) in [5.74, 6) is 0. The van der Waals surface area contributed by atoms with E-state index in [4.69, 9.17) is 5.73 Å². The van der Waals surface area contributed by atoms with Crippen molar-refractivity contribution in [2.24, 2.45) is 5.73 Å². The van der Waals surface area contributed by atoms with Crippen LogP contribution in [0.2, 0.25) is 0 Å². The van der Waals surface area contributed by atoms with Gasteiger partial charge < -0.3 is 10.6 Å². The van der Waals surface area contributed by atoms with Crippen LogP contribution < -0.4 is 5.73 Å². The van der Waals surface area contributed by atoms with Crippen molar-refractivity contribution < 1.29 is 4.79 Å². The van der Waals surface area contributed by atoms with Crippen LogP contribution >= 0.6 is 0 Å². The molecule has 0 radical (unpaired) electrons. The molecule has 7 heavy (non-hydrogen) atoms. The second-order valence-corrected chi connectivity index (χ2v) is 1.23. The molecule has 0 rings (SSSR count). The Hall–Kier alpha value is 1.32. The van der Waals surface area contributed by atoms with Gasteiger partial charge in [-0.1, -0.05) is 0 Å². The molecule has 0 atom stereocenters. The summed E-state index contributed by atoms with van der Waals surface area (Å²) in [6, 6.07) is -0.407. The van der Waals surface area contributed by atoms with Gasteiger partial charge in [-0.25, -0.2) is 4.79 Å². The first-order chi connectivity index (χ1) is 2.64. The van der Waals surface area contributed by atoms with E-state index >= 15 is 0 Å². The van der Waals surface area contributed by atoms with Crippen LogP contribution in [0.15, 0.2) is 0 Å². The van der Waals surface area contributed by atoms with E-state index in [9.17, 15) is 4.79 Å². The van der Waals surface area contributed by atoms with Crippen LogP contribution in [0.25, 0.3) is 0 Å². The number of amides is 2. The van der Waals surface area contributed by atoms with Crippen molar-refractivity contribution in [3.63, 3.8) is 0 Å². The molecular formula is C3H9CsN2O. The number of carbonyl (C=O) groups excluding carboxylic acids is 1. The van der Waals surface area contributed by atoms with Crippen LogP contribution in [0, 0.1) is 0 Å². The molecule has 0 saturated carbocycles. The molecule has 0 aliphatic heterocycles. The van der Waals surface area contributed by atoms with E-state index in [-0.39, 0.29) is 68.9 Å². The van der Waals surface area contributed by atoms with Gasteiger partial charge in [0, 0.05) is 14.1 Å². The first kappa shape index (κ1) is 11.2. The van der Waals surface area contributed by atoms with Gasteiger partial charge in [-0.15, -0.1) is 0 Å². The average molecular weight is 222 g/mol. The Morgan fingerprint density at radius 3 is 1.71 bits per heavy atom. The van der Waals surface area contributed by atoms with Gasteiger partial charge in [0.05, 0.1) is 0 Å². The Morgan fingerprint density at radius 2 is 1.71 bits per heavy atom. The van der Waals surface area contributed by atoms with Crippen LogP contribution in [0.4, 0.5) is 4.79 Å². The summed E-state index contributed by atoms with van der Waals surface area (Å²) in [4.78, 5) is 11.2. The van der Waals surface area contributed by atoms with Gasteiger partial charge in [-0.2, -0.15) is 0 Å². The molecule has 0 spiro atoms. The van der Waals surface area contributed by atoms with Crippen molar-refractivity contribution in [3.05, 3.63) is 0 Å². The second kappa shape index (κ2) is 5.46. The van der Waals surface area contributed by atoms with E-state index in [2.05, 4.69) is 0 Å². The molecular weight excluding hydrogens is 213 g/mol. The molecule has 0 fully saturated rings. The molecule has 0 bridgehead atoms. The number of nitrogens with two attached hydrogens (primary N) is 1. The summed E-state index contributed by atoms with van der Waals surface area (Å²) in [6.07, 6.45) is 0. The zero-order valence-electron chi connectivity index (χ0n) is 3.93. The van der Waals surface area contributed by atoms with Crippen LogP contribution in [0.3, 0.4) is 0 Å². The quantitative estimate of drug-likeness (QED) is 0.560. The molecule has 0 aromatic carbocycles. The van der Waals surface area contributed by atoms with Gasteiger partial charge in [0.15, 0.2) is 0 Å². The van der Waals surface area contributed by atoms with E-state index in [0.717, 1.165) is 0 Å². The van der Waals surface area contributed by atoms with Crippen molar-refractivity contribution in [3.8, 4) is 0 Å². The molecule has 0 aliphatic carbocycles. The monoisotopic (exact) mass is 222 g/mol. The van der Waals surface area contributed by atoms with Gasteiger partial charge in [0.2, 0.25) is 0 Å². The summed E-state index contributed by atoms with van der Waals surface area (Å²) in [7, 11) is 3.20. The normalized spacial score (nSPS) is 6.57. The van der Waals surface area contributed by atoms with Gasteiger partial charge in [-0.05, 0) is 0 Å². The molecule has 0 aromatic heterocycles. The first-order valence-corrected chi connectivity index (χ1v) is 1.61. The Bertz CT molecular complexity index is 64.0. The summed E-state index contributed by atoms with van der Waals surface area (Å²) in [5.41, 5.74) is 4.72. The van der Waals surface area contributed by atoms with Crippen LogP contribution in [0.5, 0.6) is 0 Å². The minimum absolute atomic E-state index is 0. The predicted molar refractivity (Wildman–Crippen MR) is 30.4 cm³/mol. The van der Waals surface area contributed by atoms with Gasteiger partial charge in [0.25, 0.3) is 0 Å². The van der Waals surface area contributed by atoms with Crippen LogP contribution in [-0.4, -0.2) is 93.9 Å². The maximum atomic E-state index is 9.85. The number of primary amides is 1. The first-order valence-electron chi connectivity index (χ1n) is 1.61. The number of carbonyl (C=O) groups is 1. The average Bonchev–Trinajstić information content (AvgIpc) is 1.36. The predicted octanol–water partition coefficient (Wildman–Crippen LogP) is -1.02. The van der Waals surface area contributed by atoms with E-state index in [1.165, 1.54) is 4.90 Å². The standard InChI is InChI=1S/C3H8N2O.Cs.H/c1-5(2)3(4)6;;/h1-2H3,(H2,4,6);;. The van der Waals surface area contributed by atoms with Gasteiger partial charge >= 0.3 is 74.9 Å². The van der Waals surface area contributed by atoms with Gasteiger partial charge in [-0.3, -0.25) is 0 Å². The molecule has 2 amide bonds. The molecule has 38 valence electrons. The fourth-order valence-corrected chi connectivity index (χ4v) is 0. The summed E-state index contributed by atoms with van der Waals surface area (Å²) < 4.78 is 0. The van der Waals surface area contributed by atoms with E-state index in [0.29, 0.717) is 0 Å². The minimum atomic E-state index is -0.407. The molecule has 0 aliphatic rings. The van der Waals surface area contributed by atoms with Crippen molar-refractivity contribution in [1.82, 2.24) is 4.90 Å². The van der Waals surface area contributed by atoms with Gasteiger partial charge in [0.1, 0.15) is 0 Å². The Kier molecular flexibility index (Phi) is 8.70. The molecule has 0 unspecified atom stereocenters. The van der Waals surface area contributed by atoms with Crippen molar-refractivity contribution in [2.45, 2.75) is 0 Å². The number of rotatable bonds is 0. The fraction of sp³-hybridized carbons (Fsp3) is 0.667. The fourth-order valence-electron chi connectivity index (χ4n) is 0. The van der Waals surface area contributed by atoms with Crippen molar-refractivity contribution in [1.29, 1.82) is 0 Å². The summed E-state index contributed by atoms with van der Waals surface area (Å²) in [6.45, 7) is 0.